The maximum Gasteiger partial charge on any atom is 0.230 e. The molecule has 4 aliphatic rings. The number of Topliss-reactive ketones (excluding diaryl/α,β-unsaturated/α-hetero) is 1. The van der Waals surface area contributed by atoms with Crippen LogP contribution in [0, 0.1) is 45.9 Å². The summed E-state index contributed by atoms with van der Waals surface area (Å²) in [5, 5.41) is 10.8. The van der Waals surface area contributed by atoms with Gasteiger partial charge >= 0.3 is 0 Å². The lowest BCUT2D eigenvalue weighted by atomic mass is 9.39. The van der Waals surface area contributed by atoms with Crippen LogP contribution in [0.25, 0.3) is 0 Å². The molecule has 0 bridgehead atoms. The Hall–Kier alpha value is -1.23. The molecular formula is C26H39FN2O2. The minimum Gasteiger partial charge on any atom is -0.390 e. The molecule has 4 fully saturated rings. The molecule has 4 nitrogen and oxygen atoms in total. The highest BCUT2D eigenvalue weighted by molar-refractivity contribution is 5.82. The number of hydrogen-bond donors (Lipinski definition) is 1. The average molecular weight is 431 g/mol. The molecule has 0 saturated heterocycles. The zero-order valence-electron chi connectivity index (χ0n) is 19.7. The Kier molecular flexibility index (Phi) is 4.80. The first-order valence-electron chi connectivity index (χ1n) is 12.4. The zero-order valence-corrected chi connectivity index (χ0v) is 19.7. The third-order valence-electron chi connectivity index (χ3n) is 10.9. The van der Waals surface area contributed by atoms with Crippen molar-refractivity contribution in [1.82, 2.24) is 9.55 Å². The molecule has 0 aliphatic heterocycles. The number of carbonyl (C=O) groups is 1. The van der Waals surface area contributed by atoms with Gasteiger partial charge in [0.15, 0.2) is 5.78 Å². The topological polar surface area (TPSA) is 55.1 Å². The van der Waals surface area contributed by atoms with Gasteiger partial charge < -0.3 is 9.67 Å². The van der Waals surface area contributed by atoms with Crippen molar-refractivity contribution in [1.29, 1.82) is 0 Å². The van der Waals surface area contributed by atoms with Gasteiger partial charge in [-0.25, -0.2) is 4.98 Å². The first-order valence-corrected chi connectivity index (χ1v) is 12.4. The number of hydrogen-bond acceptors (Lipinski definition) is 3. The lowest BCUT2D eigenvalue weighted by molar-refractivity contribution is -0.189. The quantitative estimate of drug-likeness (QED) is 0.699. The fourth-order valence-corrected chi connectivity index (χ4v) is 9.17. The van der Waals surface area contributed by atoms with Crippen molar-refractivity contribution < 1.29 is 14.3 Å². The second kappa shape index (κ2) is 6.88. The summed E-state index contributed by atoms with van der Waals surface area (Å²) in [7, 11) is 0. The fourth-order valence-electron chi connectivity index (χ4n) is 9.17. The van der Waals surface area contributed by atoms with Gasteiger partial charge in [0.2, 0.25) is 5.95 Å². The number of aliphatic hydroxyl groups is 1. The van der Waals surface area contributed by atoms with E-state index in [0.717, 1.165) is 38.5 Å². The van der Waals surface area contributed by atoms with Gasteiger partial charge in [0, 0.05) is 5.92 Å². The number of rotatable bonds is 3. The van der Waals surface area contributed by atoms with Crippen LogP contribution in [-0.2, 0) is 11.3 Å². The minimum atomic E-state index is -0.526. The molecular weight excluding hydrogens is 391 g/mol. The van der Waals surface area contributed by atoms with Crippen molar-refractivity contribution in [3.8, 4) is 0 Å². The van der Waals surface area contributed by atoms with Gasteiger partial charge in [-0.3, -0.25) is 4.79 Å². The lowest BCUT2D eigenvalue weighted by Gasteiger charge is -2.66. The number of nitrogens with zero attached hydrogens (tertiary/aromatic N) is 2. The SMILES string of the molecule is C[C@@]1(O)CC[C@]2(C)[C@H]3CC[C@]4(C)[C@@H](C(=O)Cn5cnc(F)c5)CC[C@H]4[C@@H]3CC[C@@]2(C)C1. The van der Waals surface area contributed by atoms with E-state index < -0.39 is 11.5 Å². The van der Waals surface area contributed by atoms with Crippen molar-refractivity contribution >= 4 is 5.78 Å². The van der Waals surface area contributed by atoms with Gasteiger partial charge in [0.1, 0.15) is 0 Å². The van der Waals surface area contributed by atoms with Crippen LogP contribution < -0.4 is 0 Å². The number of fused-ring (bicyclic) bond motifs is 5. The Morgan fingerprint density at radius 3 is 2.58 bits per heavy atom. The number of aromatic nitrogens is 2. The summed E-state index contributed by atoms with van der Waals surface area (Å²) < 4.78 is 14.9. The molecule has 0 spiro atoms. The molecule has 5 heteroatoms. The van der Waals surface area contributed by atoms with Crippen LogP contribution in [0.4, 0.5) is 4.39 Å². The molecule has 172 valence electrons. The molecule has 1 N–H and O–H groups in total. The maximum atomic E-state index is 13.3. The van der Waals surface area contributed by atoms with E-state index in [1.54, 1.807) is 4.57 Å². The molecule has 0 aromatic carbocycles. The van der Waals surface area contributed by atoms with Crippen molar-refractivity contribution in [2.75, 3.05) is 0 Å². The van der Waals surface area contributed by atoms with E-state index in [1.807, 2.05) is 6.92 Å². The molecule has 1 aromatic rings. The summed E-state index contributed by atoms with van der Waals surface area (Å²) in [4.78, 5) is 16.9. The van der Waals surface area contributed by atoms with Crippen LogP contribution in [0.3, 0.4) is 0 Å². The predicted octanol–water partition coefficient (Wildman–Crippen LogP) is 5.39. The highest BCUT2D eigenvalue weighted by Crippen LogP contribution is 2.71. The lowest BCUT2D eigenvalue weighted by Crippen LogP contribution is -2.60. The Balaban J connectivity index is 1.37. The number of ketones is 1. The minimum absolute atomic E-state index is 0.0711. The molecule has 5 rings (SSSR count). The van der Waals surface area contributed by atoms with Gasteiger partial charge in [-0.05, 0) is 98.7 Å². The normalized spacial score (nSPS) is 49.2. The van der Waals surface area contributed by atoms with E-state index in [2.05, 4.69) is 25.8 Å². The van der Waals surface area contributed by atoms with Gasteiger partial charge in [-0.1, -0.05) is 20.8 Å². The van der Waals surface area contributed by atoms with Crippen LogP contribution in [0.2, 0.25) is 0 Å². The summed E-state index contributed by atoms with van der Waals surface area (Å²) >= 11 is 0. The van der Waals surface area contributed by atoms with E-state index in [0.29, 0.717) is 17.8 Å². The first-order chi connectivity index (χ1) is 14.5. The summed E-state index contributed by atoms with van der Waals surface area (Å²) in [5.41, 5.74) is 0.0441. The van der Waals surface area contributed by atoms with E-state index in [9.17, 15) is 14.3 Å². The molecule has 0 unspecified atom stereocenters. The maximum absolute atomic E-state index is 13.3. The molecule has 1 heterocycles. The number of imidazole rings is 1. The summed E-state index contributed by atoms with van der Waals surface area (Å²) in [6.07, 6.45) is 12.6. The second-order valence-corrected chi connectivity index (χ2v) is 12.6. The van der Waals surface area contributed by atoms with E-state index in [1.165, 1.54) is 31.8 Å². The van der Waals surface area contributed by atoms with Crippen molar-refractivity contribution in [3.63, 3.8) is 0 Å². The third-order valence-corrected chi connectivity index (χ3v) is 10.9. The van der Waals surface area contributed by atoms with E-state index in [4.69, 9.17) is 0 Å². The summed E-state index contributed by atoms with van der Waals surface area (Å²) in [6.45, 7) is 9.60. The average Bonchev–Trinajstić information content (AvgIpc) is 3.25. The summed E-state index contributed by atoms with van der Waals surface area (Å²) in [6, 6.07) is 0. The zero-order chi connectivity index (χ0) is 22.2. The van der Waals surface area contributed by atoms with Crippen molar-refractivity contribution in [3.05, 3.63) is 18.5 Å². The van der Waals surface area contributed by atoms with Gasteiger partial charge in [0.25, 0.3) is 0 Å². The molecule has 31 heavy (non-hydrogen) atoms. The Bertz CT molecular complexity index is 881. The fraction of sp³-hybridized carbons (Fsp3) is 0.846. The molecule has 4 aliphatic carbocycles. The van der Waals surface area contributed by atoms with Crippen LogP contribution >= 0.6 is 0 Å². The standard InChI is InChI=1S/C26H39FN2O2/c1-23-9-7-17-18-5-6-20(21(30)13-29-14-22(27)28-16-29)25(18,3)10-8-19(17)26(23,4)12-11-24(2,31)15-23/h14,16-20,31H,5-13,15H2,1-4H3/t17-,18-,19-,20+,23-,24+,25-,26+/m0/s1. The Morgan fingerprint density at radius 1 is 1.10 bits per heavy atom. The smallest absolute Gasteiger partial charge is 0.230 e. The van der Waals surface area contributed by atoms with Gasteiger partial charge in [-0.2, -0.15) is 4.39 Å². The monoisotopic (exact) mass is 430 g/mol. The van der Waals surface area contributed by atoms with E-state index in [-0.39, 0.29) is 34.5 Å². The number of carbonyl (C=O) groups excluding carboxylic acids is 1. The molecule has 4 saturated carbocycles. The first kappa shape index (κ1) is 21.6. The highest BCUT2D eigenvalue weighted by atomic mass is 19.1. The van der Waals surface area contributed by atoms with Crippen LogP contribution in [0.1, 0.15) is 85.5 Å². The molecule has 8 atom stereocenters. The largest absolute Gasteiger partial charge is 0.390 e. The third kappa shape index (κ3) is 3.16. The Morgan fingerprint density at radius 2 is 1.87 bits per heavy atom. The molecule has 0 amide bonds. The molecule has 0 radical (unpaired) electrons. The van der Waals surface area contributed by atoms with Gasteiger partial charge in [-0.15, -0.1) is 0 Å². The van der Waals surface area contributed by atoms with Crippen LogP contribution in [0.15, 0.2) is 12.5 Å². The number of halogens is 1. The highest BCUT2D eigenvalue weighted by Gasteiger charge is 2.64. The van der Waals surface area contributed by atoms with Crippen molar-refractivity contribution in [2.24, 2.45) is 39.9 Å². The van der Waals surface area contributed by atoms with Crippen molar-refractivity contribution in [2.45, 2.75) is 97.6 Å². The van der Waals surface area contributed by atoms with Gasteiger partial charge in [0.05, 0.1) is 24.7 Å². The summed E-state index contributed by atoms with van der Waals surface area (Å²) in [5.74, 6) is 1.83. The van der Waals surface area contributed by atoms with Crippen LogP contribution in [0.5, 0.6) is 0 Å². The van der Waals surface area contributed by atoms with Crippen LogP contribution in [-0.4, -0.2) is 26.0 Å². The second-order valence-electron chi connectivity index (χ2n) is 12.6. The Labute approximate surface area is 186 Å². The van der Waals surface area contributed by atoms with E-state index >= 15 is 0 Å². The predicted molar refractivity (Wildman–Crippen MR) is 118 cm³/mol. The molecule has 1 aromatic heterocycles.